The molecular weight excluding hydrogens is 376 g/mol. The number of rotatable bonds is 9. The van der Waals surface area contributed by atoms with Crippen LogP contribution in [-0.4, -0.2) is 70.6 Å². The summed E-state index contributed by atoms with van der Waals surface area (Å²) in [6.45, 7) is 1.19. The lowest BCUT2D eigenvalue weighted by molar-refractivity contribution is -0.125. The number of likely N-dealkylation sites (N-methyl/N-ethyl adjacent to an activating group) is 1. The third-order valence-corrected chi connectivity index (χ3v) is 6.14. The van der Waals surface area contributed by atoms with Crippen molar-refractivity contribution in [2.24, 2.45) is 0 Å². The third kappa shape index (κ3) is 6.46. The van der Waals surface area contributed by atoms with Gasteiger partial charge in [0, 0.05) is 31.1 Å². The third-order valence-electron chi connectivity index (χ3n) is 4.23. The highest BCUT2D eigenvalue weighted by molar-refractivity contribution is 7.99. The molecule has 0 unspecified atom stereocenters. The molecule has 1 heterocycles. The molecule has 0 aliphatic carbocycles. The van der Waals surface area contributed by atoms with Gasteiger partial charge in [-0.25, -0.2) is 0 Å². The summed E-state index contributed by atoms with van der Waals surface area (Å²) >= 11 is 1.80. The molecule has 0 radical (unpaired) electrons. The van der Waals surface area contributed by atoms with Gasteiger partial charge >= 0.3 is 0 Å². The van der Waals surface area contributed by atoms with Crippen LogP contribution >= 0.6 is 11.8 Å². The summed E-state index contributed by atoms with van der Waals surface area (Å²) in [6.07, 6.45) is 1.76. The molecule has 26 heavy (non-hydrogen) atoms. The summed E-state index contributed by atoms with van der Waals surface area (Å²) in [7, 11) is -0.209. The summed E-state index contributed by atoms with van der Waals surface area (Å²) in [5.74, 6) is 1.64. The number of methoxy groups -OCH3 is 1. The van der Waals surface area contributed by atoms with Crippen molar-refractivity contribution in [1.82, 2.24) is 10.2 Å². The first kappa shape index (κ1) is 21.0. The molecule has 1 aromatic carbocycles. The largest absolute Gasteiger partial charge is 0.497 e. The zero-order valence-electron chi connectivity index (χ0n) is 15.3. The van der Waals surface area contributed by atoms with Gasteiger partial charge in [0.15, 0.2) is 0 Å². The minimum Gasteiger partial charge on any atom is -0.497 e. The Morgan fingerprint density at radius 1 is 1.35 bits per heavy atom. The average Bonchev–Trinajstić information content (AvgIpc) is 3.01. The average molecular weight is 403 g/mol. The van der Waals surface area contributed by atoms with Gasteiger partial charge in [-0.05, 0) is 24.1 Å². The number of amides is 1. The van der Waals surface area contributed by atoms with Crippen LogP contribution in [0.4, 0.5) is 0 Å². The highest BCUT2D eigenvalue weighted by atomic mass is 32.2. The van der Waals surface area contributed by atoms with Gasteiger partial charge in [-0.3, -0.25) is 13.9 Å². The Hall–Kier alpha value is -1.29. The van der Waals surface area contributed by atoms with E-state index in [1.54, 1.807) is 25.9 Å². The summed E-state index contributed by atoms with van der Waals surface area (Å²) in [6, 6.07) is 7.69. The number of ether oxygens (including phenoxy) is 1. The van der Waals surface area contributed by atoms with Crippen LogP contribution in [0.5, 0.6) is 5.75 Å². The van der Waals surface area contributed by atoms with Crippen molar-refractivity contribution < 1.29 is 22.1 Å². The number of thioether (sulfide) groups is 1. The van der Waals surface area contributed by atoms with Gasteiger partial charge in [-0.15, -0.1) is 0 Å². The van der Waals surface area contributed by atoms with Crippen LogP contribution in [0.3, 0.4) is 0 Å². The van der Waals surface area contributed by atoms with E-state index >= 15 is 0 Å². The van der Waals surface area contributed by atoms with Crippen molar-refractivity contribution in [2.45, 2.75) is 23.5 Å². The van der Waals surface area contributed by atoms with Crippen molar-refractivity contribution in [3.05, 3.63) is 29.8 Å². The van der Waals surface area contributed by atoms with Gasteiger partial charge in [0.25, 0.3) is 10.1 Å². The van der Waals surface area contributed by atoms with Crippen LogP contribution in [0.1, 0.15) is 12.0 Å². The van der Waals surface area contributed by atoms with Gasteiger partial charge in [0.05, 0.1) is 26.0 Å². The fourth-order valence-electron chi connectivity index (χ4n) is 2.91. The maximum atomic E-state index is 12.1. The maximum Gasteiger partial charge on any atom is 0.264 e. The van der Waals surface area contributed by atoms with Crippen LogP contribution in [0.15, 0.2) is 24.3 Å². The second-order valence-electron chi connectivity index (χ2n) is 6.17. The molecule has 1 amide bonds. The number of nitrogens with zero attached hydrogens (tertiary/aromatic N) is 1. The van der Waals surface area contributed by atoms with Crippen LogP contribution in [0.2, 0.25) is 0 Å². The fourth-order valence-corrected chi connectivity index (χ4v) is 4.52. The van der Waals surface area contributed by atoms with Crippen LogP contribution < -0.4 is 10.1 Å². The molecule has 1 N–H and O–H groups in total. The molecule has 0 bridgehead atoms. The molecule has 1 aliphatic heterocycles. The number of carbonyl (C=O) groups is 1. The molecule has 0 spiro atoms. The lowest BCUT2D eigenvalue weighted by Gasteiger charge is -2.22. The topological polar surface area (TPSA) is 84.9 Å². The summed E-state index contributed by atoms with van der Waals surface area (Å²) in [5.41, 5.74) is 1.20. The van der Waals surface area contributed by atoms with E-state index in [0.717, 1.165) is 30.7 Å². The molecule has 1 fully saturated rings. The fraction of sp³-hybridized carbons (Fsp3) is 0.588. The zero-order chi connectivity index (χ0) is 19.2. The molecule has 0 saturated carbocycles. The minimum atomic E-state index is -3.47. The highest BCUT2D eigenvalue weighted by Crippen LogP contribution is 2.30. The molecule has 1 aliphatic rings. The summed E-state index contributed by atoms with van der Waals surface area (Å²) in [4.78, 5) is 14.1. The van der Waals surface area contributed by atoms with E-state index in [1.807, 2.05) is 29.2 Å². The van der Waals surface area contributed by atoms with Gasteiger partial charge in [-0.1, -0.05) is 12.1 Å². The zero-order valence-corrected chi connectivity index (χ0v) is 16.9. The van der Waals surface area contributed by atoms with Crippen molar-refractivity contribution in [3.8, 4) is 5.75 Å². The number of nitrogens with one attached hydrogen (secondary N) is 1. The minimum absolute atomic E-state index is 0.0445. The van der Waals surface area contributed by atoms with E-state index in [0.29, 0.717) is 11.8 Å². The molecular formula is C17H26N2O5S2. The molecule has 146 valence electrons. The number of likely N-dealkylation sites (tertiary alicyclic amines) is 1. The molecule has 9 heteroatoms. The smallest absolute Gasteiger partial charge is 0.264 e. The second kappa shape index (κ2) is 9.59. The SMILES string of the molecule is CNC(=O)[C@@H]1C[C@H](SCc2ccc(OC)cc2)CN1CCOS(C)(=O)=O. The van der Waals surface area contributed by atoms with Gasteiger partial charge in [0.1, 0.15) is 5.75 Å². The van der Waals surface area contributed by atoms with E-state index in [4.69, 9.17) is 8.92 Å². The van der Waals surface area contributed by atoms with Crippen LogP contribution in [0, 0.1) is 0 Å². The van der Waals surface area contributed by atoms with E-state index < -0.39 is 10.1 Å². The Labute approximate surface area is 159 Å². The number of carbonyl (C=O) groups excluding carboxylic acids is 1. The molecule has 1 aromatic rings. The Balaban J connectivity index is 1.89. The van der Waals surface area contributed by atoms with Crippen molar-refractivity contribution in [1.29, 1.82) is 0 Å². The Kier molecular flexibility index (Phi) is 7.75. The predicted octanol–water partition coefficient (Wildman–Crippen LogP) is 1.09. The van der Waals surface area contributed by atoms with E-state index in [2.05, 4.69) is 5.32 Å². The first-order valence-electron chi connectivity index (χ1n) is 8.37. The van der Waals surface area contributed by atoms with Crippen molar-refractivity contribution >= 4 is 27.8 Å². The molecule has 2 atom stereocenters. The molecule has 2 rings (SSSR count). The first-order valence-corrected chi connectivity index (χ1v) is 11.2. The maximum absolute atomic E-state index is 12.1. The van der Waals surface area contributed by atoms with Gasteiger partial charge in [0.2, 0.25) is 5.91 Å². The van der Waals surface area contributed by atoms with E-state index in [1.165, 1.54) is 5.56 Å². The quantitative estimate of drug-likeness (QED) is 0.619. The molecule has 1 saturated heterocycles. The standard InChI is InChI=1S/C17H26N2O5S2/c1-18-17(20)16-10-15(11-19(16)8-9-24-26(3,21)22)25-12-13-4-6-14(23-2)7-5-13/h4-7,15-16H,8-12H2,1-3H3,(H,18,20)/t15-,16-/m0/s1. The normalized spacial score (nSPS) is 20.9. The predicted molar refractivity (Wildman–Crippen MR) is 103 cm³/mol. The Bertz CT molecular complexity index is 694. The van der Waals surface area contributed by atoms with Crippen molar-refractivity contribution in [2.75, 3.05) is 40.1 Å². The highest BCUT2D eigenvalue weighted by Gasteiger charge is 2.36. The summed E-state index contributed by atoms with van der Waals surface area (Å²) in [5, 5.41) is 2.99. The number of hydrogen-bond acceptors (Lipinski definition) is 7. The van der Waals surface area contributed by atoms with E-state index in [9.17, 15) is 13.2 Å². The number of hydrogen-bond donors (Lipinski definition) is 1. The van der Waals surface area contributed by atoms with Crippen molar-refractivity contribution in [3.63, 3.8) is 0 Å². The summed E-state index contributed by atoms with van der Waals surface area (Å²) < 4.78 is 32.2. The molecule has 0 aromatic heterocycles. The first-order chi connectivity index (χ1) is 12.3. The van der Waals surface area contributed by atoms with E-state index in [-0.39, 0.29) is 18.6 Å². The Morgan fingerprint density at radius 3 is 2.62 bits per heavy atom. The van der Waals surface area contributed by atoms with Crippen LogP contribution in [0.25, 0.3) is 0 Å². The van der Waals surface area contributed by atoms with Gasteiger partial charge in [-0.2, -0.15) is 20.2 Å². The number of benzene rings is 1. The monoisotopic (exact) mass is 402 g/mol. The molecule has 7 nitrogen and oxygen atoms in total. The lowest BCUT2D eigenvalue weighted by Crippen LogP contribution is -2.43. The Morgan fingerprint density at radius 2 is 2.04 bits per heavy atom. The van der Waals surface area contributed by atoms with Crippen LogP contribution in [-0.2, 0) is 24.8 Å². The van der Waals surface area contributed by atoms with Gasteiger partial charge < -0.3 is 10.1 Å². The lowest BCUT2D eigenvalue weighted by atomic mass is 10.2. The second-order valence-corrected chi connectivity index (χ2v) is 9.10.